The van der Waals surface area contributed by atoms with E-state index < -0.39 is 5.97 Å². The highest BCUT2D eigenvalue weighted by Crippen LogP contribution is 2.14. The number of hydrogen-bond acceptors (Lipinski definition) is 3. The van der Waals surface area contributed by atoms with E-state index in [0.717, 1.165) is 12.7 Å². The van der Waals surface area contributed by atoms with Crippen molar-refractivity contribution in [2.45, 2.75) is 6.42 Å². The summed E-state index contributed by atoms with van der Waals surface area (Å²) in [7, 11) is 0.365. The van der Waals surface area contributed by atoms with Crippen LogP contribution in [0.1, 0.15) is 6.42 Å². The number of carbonyl (C=O) groups is 2. The van der Waals surface area contributed by atoms with Crippen molar-refractivity contribution in [1.29, 1.82) is 0 Å². The van der Waals surface area contributed by atoms with Gasteiger partial charge >= 0.3 is 5.97 Å². The molecule has 1 aliphatic heterocycles. The van der Waals surface area contributed by atoms with Crippen LogP contribution in [0.25, 0.3) is 0 Å². The Kier molecular flexibility index (Phi) is 2.65. The Morgan fingerprint density at radius 3 is 2.91 bits per heavy atom. The summed E-state index contributed by atoms with van der Waals surface area (Å²) in [6.07, 6.45) is 1.48. The molecular formula is C6H10BNO3. The second-order valence-corrected chi connectivity index (χ2v) is 2.75. The summed E-state index contributed by atoms with van der Waals surface area (Å²) in [5.74, 6) is -1.02. The predicted molar refractivity (Wildman–Crippen MR) is 41.2 cm³/mol. The Bertz CT molecular complexity index is 173. The van der Waals surface area contributed by atoms with Crippen LogP contribution < -0.4 is 0 Å². The number of carboxylic acid groups (broad SMARTS) is 1. The lowest BCUT2D eigenvalue weighted by atomic mass is 9.95. The van der Waals surface area contributed by atoms with Gasteiger partial charge in [-0.3, -0.25) is 4.79 Å². The van der Waals surface area contributed by atoms with E-state index in [2.05, 4.69) is 0 Å². The lowest BCUT2D eigenvalue weighted by Gasteiger charge is -2.08. The molecule has 11 heavy (non-hydrogen) atoms. The molecule has 1 rings (SSSR count). The minimum absolute atomic E-state index is 0.269. The van der Waals surface area contributed by atoms with Crippen LogP contribution in [0, 0.1) is 5.92 Å². The number of aliphatic carboxylic acids is 1. The fourth-order valence-electron chi connectivity index (χ4n) is 1.31. The van der Waals surface area contributed by atoms with Gasteiger partial charge in [-0.15, -0.1) is 0 Å². The molecule has 0 amide bonds. The smallest absolute Gasteiger partial charge is 0.307 e. The molecule has 0 aromatic rings. The Hall–Kier alpha value is -0.835. The normalized spacial score (nSPS) is 24.9. The van der Waals surface area contributed by atoms with Crippen LogP contribution in [0.3, 0.4) is 0 Å². The van der Waals surface area contributed by atoms with E-state index in [0.29, 0.717) is 20.4 Å². The van der Waals surface area contributed by atoms with Crippen molar-refractivity contribution < 1.29 is 14.7 Å². The quantitative estimate of drug-likeness (QED) is 0.416. The maximum atomic E-state index is 10.4. The summed E-state index contributed by atoms with van der Waals surface area (Å²) in [5, 5.41) is 8.58. The zero-order valence-electron chi connectivity index (χ0n) is 6.19. The minimum Gasteiger partial charge on any atom is -0.481 e. The fourth-order valence-corrected chi connectivity index (χ4v) is 1.31. The Morgan fingerprint density at radius 2 is 2.45 bits per heavy atom. The predicted octanol–water partition coefficient (Wildman–Crippen LogP) is -1.07. The third-order valence-electron chi connectivity index (χ3n) is 1.95. The van der Waals surface area contributed by atoms with Crippen molar-refractivity contribution in [3.63, 3.8) is 0 Å². The number of rotatable bonds is 3. The lowest BCUT2D eigenvalue weighted by Crippen LogP contribution is -2.27. The molecule has 5 heteroatoms. The van der Waals surface area contributed by atoms with Crippen molar-refractivity contribution in [3.8, 4) is 0 Å². The standard InChI is InChI=1S/C6H10BNO3/c9-4-7-8-2-1-5(3-8)6(10)11/h4-5,7H,1-3H2,(H,10,11). The summed E-state index contributed by atoms with van der Waals surface area (Å²) in [5.41, 5.74) is 0. The van der Waals surface area contributed by atoms with Crippen LogP contribution in [0.4, 0.5) is 0 Å². The van der Waals surface area contributed by atoms with E-state index in [9.17, 15) is 9.59 Å². The zero-order chi connectivity index (χ0) is 8.27. The van der Waals surface area contributed by atoms with Gasteiger partial charge in [-0.25, -0.2) is 0 Å². The maximum Gasteiger partial charge on any atom is 0.307 e. The monoisotopic (exact) mass is 155 g/mol. The molecule has 0 aliphatic carbocycles. The molecule has 4 nitrogen and oxygen atoms in total. The number of nitrogens with zero attached hydrogens (tertiary/aromatic N) is 1. The molecule has 1 aliphatic rings. The van der Waals surface area contributed by atoms with Gasteiger partial charge < -0.3 is 14.7 Å². The zero-order valence-corrected chi connectivity index (χ0v) is 6.19. The second kappa shape index (κ2) is 3.53. The highest BCUT2D eigenvalue weighted by molar-refractivity contribution is 6.64. The highest BCUT2D eigenvalue weighted by atomic mass is 16.4. The highest BCUT2D eigenvalue weighted by Gasteiger charge is 2.27. The van der Waals surface area contributed by atoms with Crippen LogP contribution in [0.2, 0.25) is 0 Å². The summed E-state index contributed by atoms with van der Waals surface area (Å²) in [6, 6.07) is 0. The number of hydrogen-bond donors (Lipinski definition) is 1. The van der Waals surface area contributed by atoms with Gasteiger partial charge in [0, 0.05) is 6.54 Å². The molecule has 1 atom stereocenters. The summed E-state index contributed by atoms with van der Waals surface area (Å²) >= 11 is 0. The Balaban J connectivity index is 2.34. The van der Waals surface area contributed by atoms with Crippen LogP contribution in [0.5, 0.6) is 0 Å². The average molecular weight is 155 g/mol. The largest absolute Gasteiger partial charge is 0.481 e. The van der Waals surface area contributed by atoms with Gasteiger partial charge in [0.25, 0.3) is 7.41 Å². The van der Waals surface area contributed by atoms with Gasteiger partial charge in [-0.05, 0) is 13.0 Å². The molecule has 1 N–H and O–H groups in total. The first-order valence-corrected chi connectivity index (χ1v) is 3.63. The van der Waals surface area contributed by atoms with Crippen LogP contribution in [-0.4, -0.2) is 42.6 Å². The van der Waals surface area contributed by atoms with Crippen molar-refractivity contribution in [2.75, 3.05) is 13.1 Å². The van der Waals surface area contributed by atoms with Crippen molar-refractivity contribution in [2.24, 2.45) is 5.92 Å². The van der Waals surface area contributed by atoms with Gasteiger partial charge in [0.15, 0.2) is 0 Å². The first-order chi connectivity index (χ1) is 5.24. The Labute approximate surface area is 65.4 Å². The number of carboxylic acids is 1. The maximum absolute atomic E-state index is 10.4. The first-order valence-electron chi connectivity index (χ1n) is 3.63. The average Bonchev–Trinajstić information content (AvgIpc) is 2.37. The first kappa shape index (κ1) is 8.26. The summed E-state index contributed by atoms with van der Waals surface area (Å²) in [4.78, 5) is 22.3. The van der Waals surface area contributed by atoms with Crippen molar-refractivity contribution in [1.82, 2.24) is 4.81 Å². The molecule has 0 aromatic carbocycles. The molecule has 0 radical (unpaired) electrons. The minimum atomic E-state index is -0.751. The second-order valence-electron chi connectivity index (χ2n) is 2.75. The third-order valence-corrected chi connectivity index (χ3v) is 1.95. The lowest BCUT2D eigenvalue weighted by molar-refractivity contribution is -0.141. The van der Waals surface area contributed by atoms with Crippen LogP contribution in [-0.2, 0) is 9.59 Å². The third kappa shape index (κ3) is 2.05. The van der Waals surface area contributed by atoms with Crippen LogP contribution >= 0.6 is 0 Å². The van der Waals surface area contributed by atoms with Crippen molar-refractivity contribution in [3.05, 3.63) is 0 Å². The molecule has 60 valence electrons. The molecule has 0 saturated carbocycles. The number of carbonyl (C=O) groups excluding carboxylic acids is 1. The summed E-state index contributed by atoms with van der Waals surface area (Å²) in [6.45, 7) is 1.25. The SMILES string of the molecule is O=CBN1CCC(C(=O)O)C1. The van der Waals surface area contributed by atoms with Crippen molar-refractivity contribution >= 4 is 19.6 Å². The van der Waals surface area contributed by atoms with Gasteiger partial charge in [0.05, 0.1) is 12.1 Å². The van der Waals surface area contributed by atoms with E-state index in [1.807, 2.05) is 4.81 Å². The van der Waals surface area contributed by atoms with E-state index in [4.69, 9.17) is 5.11 Å². The fraction of sp³-hybridized carbons (Fsp3) is 0.667. The van der Waals surface area contributed by atoms with Gasteiger partial charge in [0.2, 0.25) is 0 Å². The molecular weight excluding hydrogens is 145 g/mol. The molecule has 0 bridgehead atoms. The van der Waals surface area contributed by atoms with E-state index in [1.54, 1.807) is 0 Å². The molecule has 0 spiro atoms. The Morgan fingerprint density at radius 1 is 1.73 bits per heavy atom. The van der Waals surface area contributed by atoms with Crippen LogP contribution in [0.15, 0.2) is 0 Å². The summed E-state index contributed by atoms with van der Waals surface area (Å²) < 4.78 is 0. The molecule has 1 heterocycles. The van der Waals surface area contributed by atoms with E-state index >= 15 is 0 Å². The van der Waals surface area contributed by atoms with E-state index in [-0.39, 0.29) is 5.92 Å². The van der Waals surface area contributed by atoms with Gasteiger partial charge in [-0.2, -0.15) is 0 Å². The topological polar surface area (TPSA) is 57.6 Å². The molecule has 1 fully saturated rings. The van der Waals surface area contributed by atoms with Gasteiger partial charge in [-0.1, -0.05) is 0 Å². The van der Waals surface area contributed by atoms with Gasteiger partial charge in [0.1, 0.15) is 0 Å². The molecule has 1 unspecified atom stereocenters. The van der Waals surface area contributed by atoms with E-state index in [1.165, 1.54) is 0 Å². The molecule has 1 saturated heterocycles. The molecule has 0 aromatic heterocycles.